The van der Waals surface area contributed by atoms with Crippen molar-refractivity contribution in [2.45, 2.75) is 57.2 Å². The van der Waals surface area contributed by atoms with Crippen molar-refractivity contribution >= 4 is 33.9 Å². The third-order valence-corrected chi connectivity index (χ3v) is 9.93. The van der Waals surface area contributed by atoms with Crippen LogP contribution in [0.15, 0.2) is 24.3 Å². The number of aliphatic hydroxyl groups is 1. The molecule has 4 aliphatic rings. The van der Waals surface area contributed by atoms with Crippen LogP contribution in [-0.4, -0.2) is 88.8 Å². The second kappa shape index (κ2) is 10.9. The summed E-state index contributed by atoms with van der Waals surface area (Å²) in [5, 5.41) is 22.8. The number of fused-ring (bicyclic) bond motifs is 3. The zero-order valence-electron chi connectivity index (χ0n) is 24.8. The monoisotopic (exact) mass is 611 g/mol. The van der Waals surface area contributed by atoms with Gasteiger partial charge in [0.2, 0.25) is 0 Å². The smallest absolute Gasteiger partial charge is 0.318 e. The standard InChI is InChI=1S/C32H39ClFN5O4/c1-20-14-32(7-3-8-39(32)15-20)19-43-30-35-25-16-37(26-13-22(40)12-21-4-5-24(34)28(33)27(21)26)9-6-23(25)29(36-30)38-10-11-42-18-31(2,41)17-38/h4-5,12-13,20,40-41H,3,6-11,14-19H2,1-2H3/t20-,31?,32+/m1/s1. The highest BCUT2D eigenvalue weighted by molar-refractivity contribution is 6.36. The number of nitrogens with zero attached hydrogens (tertiary/aromatic N) is 5. The van der Waals surface area contributed by atoms with E-state index in [1.54, 1.807) is 25.1 Å². The highest BCUT2D eigenvalue weighted by Gasteiger charge is 2.48. The Morgan fingerprint density at radius 1 is 1.19 bits per heavy atom. The molecule has 2 N–H and O–H groups in total. The van der Waals surface area contributed by atoms with Gasteiger partial charge in [-0.15, -0.1) is 0 Å². The van der Waals surface area contributed by atoms with E-state index in [4.69, 9.17) is 31.0 Å². The first kappa shape index (κ1) is 28.8. The lowest BCUT2D eigenvalue weighted by molar-refractivity contribution is -0.0123. The molecule has 2 aromatic carbocycles. The van der Waals surface area contributed by atoms with E-state index in [2.05, 4.69) is 21.6 Å². The number of hydrogen-bond donors (Lipinski definition) is 2. The largest absolute Gasteiger partial charge is 0.508 e. The molecule has 0 spiro atoms. The van der Waals surface area contributed by atoms with Crippen molar-refractivity contribution in [3.05, 3.63) is 46.4 Å². The molecule has 3 aromatic rings. The number of β-amino-alcohol motifs (C(OH)–C–C–N with tert-alkyl or cyclic N) is 1. The number of aromatic hydroxyl groups is 1. The summed E-state index contributed by atoms with van der Waals surface area (Å²) in [7, 11) is 0. The van der Waals surface area contributed by atoms with Gasteiger partial charge in [0.25, 0.3) is 0 Å². The number of phenolic OH excluding ortho intramolecular Hbond substituents is 1. The average Bonchev–Trinajstić information content (AvgIpc) is 3.43. The maximum absolute atomic E-state index is 14.6. The maximum atomic E-state index is 14.6. The molecule has 1 aromatic heterocycles. The second-order valence-corrected chi connectivity index (χ2v) is 13.6. The first-order valence-corrected chi connectivity index (χ1v) is 15.7. The van der Waals surface area contributed by atoms with E-state index >= 15 is 0 Å². The minimum atomic E-state index is -1.03. The van der Waals surface area contributed by atoms with Gasteiger partial charge >= 0.3 is 6.01 Å². The lowest BCUT2D eigenvalue weighted by Crippen LogP contribution is -2.44. The molecule has 0 aliphatic carbocycles. The van der Waals surface area contributed by atoms with Crippen LogP contribution in [0.3, 0.4) is 0 Å². The molecule has 4 aliphatic heterocycles. The van der Waals surface area contributed by atoms with Crippen LogP contribution in [-0.2, 0) is 17.7 Å². The fourth-order valence-corrected chi connectivity index (χ4v) is 8.00. The number of ether oxygens (including phenoxy) is 2. The Bertz CT molecular complexity index is 1560. The van der Waals surface area contributed by atoms with Crippen LogP contribution in [0.1, 0.15) is 44.4 Å². The van der Waals surface area contributed by atoms with Gasteiger partial charge < -0.3 is 29.5 Å². The molecule has 3 fully saturated rings. The molecule has 9 nitrogen and oxygen atoms in total. The Morgan fingerprint density at radius 3 is 2.91 bits per heavy atom. The predicted molar refractivity (Wildman–Crippen MR) is 164 cm³/mol. The highest BCUT2D eigenvalue weighted by atomic mass is 35.5. The zero-order chi connectivity index (χ0) is 29.9. The van der Waals surface area contributed by atoms with Crippen molar-refractivity contribution < 1.29 is 24.1 Å². The third kappa shape index (κ3) is 5.36. The van der Waals surface area contributed by atoms with Gasteiger partial charge in [0.05, 0.1) is 48.2 Å². The van der Waals surface area contributed by atoms with Crippen molar-refractivity contribution in [3.8, 4) is 11.8 Å². The Morgan fingerprint density at radius 2 is 2.05 bits per heavy atom. The SMILES string of the molecule is C[C@H]1CN2CCC[C@@]2(COc2nc3c(c(N4CCOCC(C)(O)C4)n2)CCN(c2cc(O)cc4ccc(F)c(Cl)c24)C3)C1. The molecule has 7 rings (SSSR count). The highest BCUT2D eigenvalue weighted by Crippen LogP contribution is 2.43. The molecule has 0 bridgehead atoms. The molecule has 0 saturated carbocycles. The van der Waals surface area contributed by atoms with Crippen LogP contribution in [0, 0.1) is 11.7 Å². The van der Waals surface area contributed by atoms with Crippen LogP contribution in [0.4, 0.5) is 15.9 Å². The van der Waals surface area contributed by atoms with Crippen molar-refractivity contribution in [2.75, 3.05) is 62.3 Å². The molecule has 0 amide bonds. The number of phenols is 1. The van der Waals surface area contributed by atoms with Gasteiger partial charge in [-0.3, -0.25) is 4.90 Å². The summed E-state index contributed by atoms with van der Waals surface area (Å²) >= 11 is 6.48. The summed E-state index contributed by atoms with van der Waals surface area (Å²) in [6.45, 7) is 9.51. The van der Waals surface area contributed by atoms with E-state index in [0.29, 0.717) is 74.2 Å². The summed E-state index contributed by atoms with van der Waals surface area (Å²) in [6, 6.07) is 6.50. The van der Waals surface area contributed by atoms with E-state index < -0.39 is 11.4 Å². The lowest BCUT2D eigenvalue weighted by atomic mass is 9.92. The van der Waals surface area contributed by atoms with Crippen LogP contribution in [0.5, 0.6) is 11.8 Å². The zero-order valence-corrected chi connectivity index (χ0v) is 25.5. The molecular formula is C32H39ClFN5O4. The Labute approximate surface area is 256 Å². The van der Waals surface area contributed by atoms with Crippen LogP contribution in [0.2, 0.25) is 5.02 Å². The second-order valence-electron chi connectivity index (χ2n) is 13.2. The van der Waals surface area contributed by atoms with E-state index in [1.165, 1.54) is 12.5 Å². The summed E-state index contributed by atoms with van der Waals surface area (Å²) < 4.78 is 26.8. The van der Waals surface area contributed by atoms with Crippen molar-refractivity contribution in [3.63, 3.8) is 0 Å². The van der Waals surface area contributed by atoms with Crippen molar-refractivity contribution in [2.24, 2.45) is 5.92 Å². The molecule has 11 heteroatoms. The van der Waals surface area contributed by atoms with Gasteiger partial charge in [-0.05, 0) is 62.6 Å². The number of hydrogen-bond acceptors (Lipinski definition) is 9. The lowest BCUT2D eigenvalue weighted by Gasteiger charge is -2.35. The summed E-state index contributed by atoms with van der Waals surface area (Å²) in [6.07, 6.45) is 4.00. The Kier molecular flexibility index (Phi) is 7.31. The van der Waals surface area contributed by atoms with Gasteiger partial charge in [0, 0.05) is 36.7 Å². The number of aromatic nitrogens is 2. The molecule has 230 valence electrons. The molecule has 43 heavy (non-hydrogen) atoms. The van der Waals surface area contributed by atoms with Gasteiger partial charge in [0.1, 0.15) is 29.6 Å². The van der Waals surface area contributed by atoms with Gasteiger partial charge in [-0.1, -0.05) is 24.6 Å². The van der Waals surface area contributed by atoms with Gasteiger partial charge in [0.15, 0.2) is 0 Å². The summed E-state index contributed by atoms with van der Waals surface area (Å²) in [5.74, 6) is 0.971. The Balaban J connectivity index is 1.26. The minimum Gasteiger partial charge on any atom is -0.508 e. The van der Waals surface area contributed by atoms with E-state index in [1.807, 2.05) is 0 Å². The number of anilines is 2. The van der Waals surface area contributed by atoms with E-state index in [-0.39, 0.29) is 22.9 Å². The summed E-state index contributed by atoms with van der Waals surface area (Å²) in [4.78, 5) is 16.7. The average molecular weight is 612 g/mol. The molecule has 1 unspecified atom stereocenters. The molecule has 5 heterocycles. The van der Waals surface area contributed by atoms with Crippen molar-refractivity contribution in [1.82, 2.24) is 14.9 Å². The number of benzene rings is 2. The van der Waals surface area contributed by atoms with Crippen molar-refractivity contribution in [1.29, 1.82) is 0 Å². The molecule has 3 saturated heterocycles. The number of rotatable bonds is 5. The third-order valence-electron chi connectivity index (χ3n) is 9.56. The molecular weight excluding hydrogens is 573 g/mol. The van der Waals surface area contributed by atoms with Crippen LogP contribution < -0.4 is 14.5 Å². The summed E-state index contributed by atoms with van der Waals surface area (Å²) in [5.41, 5.74) is 1.45. The molecule has 3 atom stereocenters. The molecule has 0 radical (unpaired) electrons. The Hall–Kier alpha value is -2.92. The first-order chi connectivity index (χ1) is 20.6. The minimum absolute atomic E-state index is 0.0201. The topological polar surface area (TPSA) is 94.4 Å². The normalized spacial score (nSPS) is 27.8. The van der Waals surface area contributed by atoms with Gasteiger partial charge in [-0.25, -0.2) is 4.39 Å². The maximum Gasteiger partial charge on any atom is 0.318 e. The first-order valence-electron chi connectivity index (χ1n) is 15.3. The van der Waals surface area contributed by atoms with E-state index in [0.717, 1.165) is 43.0 Å². The quantitative estimate of drug-likeness (QED) is 0.431. The fourth-order valence-electron chi connectivity index (χ4n) is 7.73. The van der Waals surface area contributed by atoms with Gasteiger partial charge in [-0.2, -0.15) is 9.97 Å². The van der Waals surface area contributed by atoms with Crippen LogP contribution in [0.25, 0.3) is 10.8 Å². The van der Waals surface area contributed by atoms with Crippen LogP contribution >= 0.6 is 11.6 Å². The fraction of sp³-hybridized carbons (Fsp3) is 0.562. The number of halogens is 2. The predicted octanol–water partition coefficient (Wildman–Crippen LogP) is 4.53. The van der Waals surface area contributed by atoms with E-state index in [9.17, 15) is 14.6 Å².